The monoisotopic (exact) mass is 390 g/mol. The summed E-state index contributed by atoms with van der Waals surface area (Å²) in [6.07, 6.45) is 0.512. The fourth-order valence-corrected chi connectivity index (χ4v) is 2.98. The van der Waals surface area contributed by atoms with E-state index in [4.69, 9.17) is 4.74 Å². The normalized spacial score (nSPS) is 12.1. The van der Waals surface area contributed by atoms with Gasteiger partial charge in [0.1, 0.15) is 0 Å². The Morgan fingerprint density at radius 2 is 1.81 bits per heavy atom. The lowest BCUT2D eigenvalue weighted by Crippen LogP contribution is -2.29. The zero-order valence-electron chi connectivity index (χ0n) is 14.2. The predicted octanol–water partition coefficient (Wildman–Crippen LogP) is 4.67. The number of para-hydroxylation sites is 1. The summed E-state index contributed by atoms with van der Waals surface area (Å²) in [6, 6.07) is 13.2. The number of aromatic nitrogens is 1. The van der Waals surface area contributed by atoms with Crippen LogP contribution in [-0.4, -0.2) is 28.7 Å². The first-order valence-corrected chi connectivity index (χ1v) is 8.95. The Morgan fingerprint density at radius 1 is 1.11 bits per heavy atom. The van der Waals surface area contributed by atoms with Gasteiger partial charge >= 0.3 is 5.97 Å². The minimum Gasteiger partial charge on any atom is -0.449 e. The first kappa shape index (κ1) is 18.9. The van der Waals surface area contributed by atoms with Crippen LogP contribution in [-0.2, 0) is 9.53 Å². The Hall–Kier alpha value is -2.87. The molecule has 1 atom stereocenters. The molecule has 1 heterocycles. The molecule has 0 fully saturated rings. The van der Waals surface area contributed by atoms with Gasteiger partial charge in [0, 0.05) is 27.7 Å². The number of anilines is 1. The number of esters is 1. The van der Waals surface area contributed by atoms with E-state index in [-0.39, 0.29) is 0 Å². The molecule has 1 unspecified atom stereocenters. The number of alkyl halides is 2. The Bertz CT molecular complexity index is 957. The zero-order chi connectivity index (χ0) is 19.4. The summed E-state index contributed by atoms with van der Waals surface area (Å²) in [5.74, 6) is -3.63. The molecule has 0 saturated heterocycles. The highest BCUT2D eigenvalue weighted by Gasteiger charge is 2.21. The highest BCUT2D eigenvalue weighted by Crippen LogP contribution is 2.26. The van der Waals surface area contributed by atoms with Crippen LogP contribution in [0.1, 0.15) is 17.3 Å². The third-order valence-corrected chi connectivity index (χ3v) is 4.53. The number of carbonyl (C=O) groups excluding carboxylic acids is 2. The smallest absolute Gasteiger partial charge is 0.341 e. The molecule has 0 aliphatic rings. The van der Waals surface area contributed by atoms with Crippen molar-refractivity contribution in [1.82, 2.24) is 4.98 Å². The Labute approximate surface area is 158 Å². The van der Waals surface area contributed by atoms with Gasteiger partial charge in [-0.15, -0.1) is 0 Å². The van der Waals surface area contributed by atoms with Gasteiger partial charge < -0.3 is 15.0 Å². The van der Waals surface area contributed by atoms with E-state index in [2.05, 4.69) is 10.3 Å². The van der Waals surface area contributed by atoms with Crippen LogP contribution in [0.5, 0.6) is 0 Å². The van der Waals surface area contributed by atoms with Gasteiger partial charge in [0.2, 0.25) is 0 Å². The maximum atomic E-state index is 12.3. The number of hydrogen-bond donors (Lipinski definition) is 2. The zero-order valence-corrected chi connectivity index (χ0v) is 15.1. The van der Waals surface area contributed by atoms with Crippen LogP contribution in [0.4, 0.5) is 14.5 Å². The van der Waals surface area contributed by atoms with E-state index in [1.807, 2.05) is 12.1 Å². The van der Waals surface area contributed by atoms with Crippen LogP contribution in [0.3, 0.4) is 0 Å². The molecule has 1 aromatic heterocycles. The number of nitrogens with one attached hydrogen (secondary N) is 2. The minimum absolute atomic E-state index is 0.346. The number of halogens is 2. The van der Waals surface area contributed by atoms with E-state index in [1.54, 1.807) is 12.1 Å². The van der Waals surface area contributed by atoms with Crippen LogP contribution in [0.2, 0.25) is 0 Å². The van der Waals surface area contributed by atoms with Gasteiger partial charge in [-0.05, 0) is 37.3 Å². The van der Waals surface area contributed by atoms with E-state index < -0.39 is 23.7 Å². The molecular formula is C19H16F2N2O3S. The summed E-state index contributed by atoms with van der Waals surface area (Å²) in [5.41, 5.74) is 1.57. The number of hydrogen-bond acceptors (Lipinski definition) is 4. The van der Waals surface area contributed by atoms with Crippen molar-refractivity contribution in [3.05, 3.63) is 60.3 Å². The topological polar surface area (TPSA) is 71.2 Å². The molecule has 0 radical (unpaired) electrons. The van der Waals surface area contributed by atoms with Crippen LogP contribution < -0.4 is 5.32 Å². The fraction of sp³-hybridized carbons (Fsp3) is 0.158. The summed E-state index contributed by atoms with van der Waals surface area (Å²) in [4.78, 5) is 27.9. The van der Waals surface area contributed by atoms with Crippen LogP contribution in [0.15, 0.2) is 59.6 Å². The van der Waals surface area contributed by atoms with Crippen LogP contribution in [0.25, 0.3) is 10.9 Å². The second-order valence-electron chi connectivity index (χ2n) is 5.69. The first-order chi connectivity index (χ1) is 12.9. The van der Waals surface area contributed by atoms with Crippen molar-refractivity contribution >= 4 is 40.2 Å². The number of amides is 1. The highest BCUT2D eigenvalue weighted by atomic mass is 32.2. The standard InChI is InChI=1S/C19H16F2N2O3S/c1-11(17(24)23-12-6-8-13(9-7-12)27-19(20)21)26-18(25)15-10-22-16-5-3-2-4-14(15)16/h2-11,19,22H,1H3,(H,23,24). The van der Waals surface area contributed by atoms with E-state index in [9.17, 15) is 18.4 Å². The number of ether oxygens (including phenoxy) is 1. The van der Waals surface area contributed by atoms with Gasteiger partial charge in [-0.2, -0.15) is 8.78 Å². The molecule has 1 amide bonds. The number of thioether (sulfide) groups is 1. The average molecular weight is 390 g/mol. The van der Waals surface area contributed by atoms with Crippen molar-refractivity contribution < 1.29 is 23.1 Å². The maximum absolute atomic E-state index is 12.3. The van der Waals surface area contributed by atoms with Gasteiger partial charge in [0.05, 0.1) is 5.56 Å². The van der Waals surface area contributed by atoms with E-state index in [0.717, 1.165) is 5.52 Å². The van der Waals surface area contributed by atoms with E-state index in [0.29, 0.717) is 33.3 Å². The molecule has 0 spiro atoms. The summed E-state index contributed by atoms with van der Waals surface area (Å²) in [7, 11) is 0. The van der Waals surface area contributed by atoms with Crippen LogP contribution in [0, 0.1) is 0 Å². The SMILES string of the molecule is CC(OC(=O)c1c[nH]c2ccccc12)C(=O)Nc1ccc(SC(F)F)cc1. The molecule has 0 aliphatic carbocycles. The van der Waals surface area contributed by atoms with Crippen molar-refractivity contribution in [3.8, 4) is 0 Å². The molecule has 140 valence electrons. The Morgan fingerprint density at radius 3 is 2.52 bits per heavy atom. The quantitative estimate of drug-likeness (QED) is 0.474. The second kappa shape index (κ2) is 8.22. The number of carbonyl (C=O) groups is 2. The lowest BCUT2D eigenvalue weighted by molar-refractivity contribution is -0.123. The summed E-state index contributed by atoms with van der Waals surface area (Å²) < 4.78 is 29.9. The minimum atomic E-state index is -2.51. The number of fused-ring (bicyclic) bond motifs is 1. The number of rotatable bonds is 6. The van der Waals surface area contributed by atoms with Crippen LogP contribution >= 0.6 is 11.8 Å². The van der Waals surface area contributed by atoms with Gasteiger partial charge in [-0.25, -0.2) is 4.79 Å². The van der Waals surface area contributed by atoms with Crippen molar-refractivity contribution in [3.63, 3.8) is 0 Å². The molecule has 2 N–H and O–H groups in total. The summed E-state index contributed by atoms with van der Waals surface area (Å²) in [5, 5.41) is 3.30. The van der Waals surface area contributed by atoms with Gasteiger partial charge in [-0.1, -0.05) is 30.0 Å². The van der Waals surface area contributed by atoms with Crippen molar-refractivity contribution in [2.45, 2.75) is 23.7 Å². The number of benzene rings is 2. The number of H-pyrrole nitrogens is 1. The molecule has 0 bridgehead atoms. The van der Waals surface area contributed by atoms with Crippen molar-refractivity contribution in [1.29, 1.82) is 0 Å². The molecule has 3 rings (SSSR count). The van der Waals surface area contributed by atoms with Gasteiger partial charge in [0.25, 0.3) is 11.7 Å². The van der Waals surface area contributed by atoms with E-state index in [1.165, 1.54) is 37.4 Å². The highest BCUT2D eigenvalue weighted by molar-refractivity contribution is 7.99. The molecule has 0 saturated carbocycles. The predicted molar refractivity (Wildman–Crippen MR) is 100 cm³/mol. The fourth-order valence-electron chi connectivity index (χ4n) is 2.48. The van der Waals surface area contributed by atoms with Gasteiger partial charge in [-0.3, -0.25) is 4.79 Å². The molecule has 5 nitrogen and oxygen atoms in total. The second-order valence-corrected chi connectivity index (χ2v) is 6.75. The lowest BCUT2D eigenvalue weighted by atomic mass is 10.2. The summed E-state index contributed by atoms with van der Waals surface area (Å²) in [6.45, 7) is 1.46. The van der Waals surface area contributed by atoms with Gasteiger partial charge in [0.15, 0.2) is 6.10 Å². The lowest BCUT2D eigenvalue weighted by Gasteiger charge is -2.13. The maximum Gasteiger partial charge on any atom is 0.341 e. The molecule has 0 aliphatic heterocycles. The molecular weight excluding hydrogens is 374 g/mol. The average Bonchev–Trinajstić information content (AvgIpc) is 3.07. The third kappa shape index (κ3) is 4.65. The first-order valence-electron chi connectivity index (χ1n) is 8.07. The Balaban J connectivity index is 1.61. The Kier molecular flexibility index (Phi) is 5.75. The number of aromatic amines is 1. The largest absolute Gasteiger partial charge is 0.449 e. The van der Waals surface area contributed by atoms with Crippen molar-refractivity contribution in [2.24, 2.45) is 0 Å². The molecule has 27 heavy (non-hydrogen) atoms. The molecule has 3 aromatic rings. The molecule has 2 aromatic carbocycles. The van der Waals surface area contributed by atoms with Crippen molar-refractivity contribution in [2.75, 3.05) is 5.32 Å². The van der Waals surface area contributed by atoms with E-state index >= 15 is 0 Å². The summed E-state index contributed by atoms with van der Waals surface area (Å²) >= 11 is 0.422. The molecule has 8 heteroatoms. The third-order valence-electron chi connectivity index (χ3n) is 3.81.